The van der Waals surface area contributed by atoms with Gasteiger partial charge in [0.05, 0.1) is 11.3 Å². The number of nitrogens with zero attached hydrogens (tertiary/aromatic N) is 2. The fourth-order valence-electron chi connectivity index (χ4n) is 1.94. The molecule has 4 nitrogen and oxygen atoms in total. The molecule has 1 aromatic carbocycles. The number of ketones is 1. The maximum absolute atomic E-state index is 12.4. The summed E-state index contributed by atoms with van der Waals surface area (Å²) in [6.07, 6.45) is 0. The number of anilines is 1. The van der Waals surface area contributed by atoms with Crippen LogP contribution >= 0.6 is 0 Å². The van der Waals surface area contributed by atoms with Gasteiger partial charge in [0.25, 0.3) is 0 Å². The molecular weight excluding hydrogens is 214 g/mol. The van der Waals surface area contributed by atoms with Crippen LogP contribution in [0.25, 0.3) is 0 Å². The summed E-state index contributed by atoms with van der Waals surface area (Å²) in [6, 6.07) is 7.09. The van der Waals surface area contributed by atoms with Crippen molar-refractivity contribution in [3.63, 3.8) is 0 Å². The van der Waals surface area contributed by atoms with E-state index in [4.69, 9.17) is 5.73 Å². The summed E-state index contributed by atoms with van der Waals surface area (Å²) in [4.78, 5) is 12.4. The Bertz CT molecular complexity index is 584. The van der Waals surface area contributed by atoms with Crippen LogP contribution in [0, 0.1) is 13.8 Å². The molecule has 0 aliphatic heterocycles. The van der Waals surface area contributed by atoms with Crippen molar-refractivity contribution in [3.05, 3.63) is 46.8 Å². The molecule has 0 radical (unpaired) electrons. The van der Waals surface area contributed by atoms with Crippen LogP contribution in [0.15, 0.2) is 24.3 Å². The zero-order valence-corrected chi connectivity index (χ0v) is 10.2. The summed E-state index contributed by atoms with van der Waals surface area (Å²) < 4.78 is 1.71. The summed E-state index contributed by atoms with van der Waals surface area (Å²) in [5.41, 5.74) is 9.09. The molecule has 2 rings (SSSR count). The minimum atomic E-state index is -0.0637. The number of hydrogen-bond acceptors (Lipinski definition) is 3. The third-order valence-corrected chi connectivity index (χ3v) is 2.94. The first-order chi connectivity index (χ1) is 8.02. The summed E-state index contributed by atoms with van der Waals surface area (Å²) in [5.74, 6) is -0.0637. The predicted octanol–water partition coefficient (Wildman–Crippen LogP) is 1.85. The van der Waals surface area contributed by atoms with Crippen molar-refractivity contribution in [3.8, 4) is 0 Å². The van der Waals surface area contributed by atoms with Gasteiger partial charge >= 0.3 is 0 Å². The Morgan fingerprint density at radius 1 is 1.29 bits per heavy atom. The Hall–Kier alpha value is -2.10. The Labute approximate surface area is 100 Å². The van der Waals surface area contributed by atoms with Gasteiger partial charge in [0, 0.05) is 24.0 Å². The minimum Gasteiger partial charge on any atom is -0.398 e. The van der Waals surface area contributed by atoms with Gasteiger partial charge in [0.1, 0.15) is 0 Å². The Morgan fingerprint density at radius 2 is 1.94 bits per heavy atom. The first-order valence-electron chi connectivity index (χ1n) is 5.41. The maximum atomic E-state index is 12.4. The van der Waals surface area contributed by atoms with E-state index < -0.39 is 0 Å². The normalized spacial score (nSPS) is 10.5. The molecule has 0 saturated heterocycles. The van der Waals surface area contributed by atoms with E-state index in [0.29, 0.717) is 16.8 Å². The number of nitrogen functional groups attached to an aromatic ring is 1. The van der Waals surface area contributed by atoms with Crippen LogP contribution in [-0.4, -0.2) is 15.6 Å². The molecule has 0 amide bonds. The minimum absolute atomic E-state index is 0.0637. The Morgan fingerprint density at radius 3 is 2.47 bits per heavy atom. The van der Waals surface area contributed by atoms with Gasteiger partial charge in [0.2, 0.25) is 0 Å². The molecule has 0 bridgehead atoms. The van der Waals surface area contributed by atoms with Crippen molar-refractivity contribution in [2.24, 2.45) is 7.05 Å². The van der Waals surface area contributed by atoms with E-state index >= 15 is 0 Å². The van der Waals surface area contributed by atoms with Crippen LogP contribution in [0.5, 0.6) is 0 Å². The summed E-state index contributed by atoms with van der Waals surface area (Å²) >= 11 is 0. The highest BCUT2D eigenvalue weighted by Gasteiger charge is 2.20. The topological polar surface area (TPSA) is 60.9 Å². The smallest absolute Gasteiger partial charge is 0.198 e. The molecule has 0 atom stereocenters. The molecule has 2 N–H and O–H groups in total. The molecular formula is C13H15N3O. The highest BCUT2D eigenvalue weighted by molar-refractivity contribution is 6.13. The third kappa shape index (κ3) is 1.82. The van der Waals surface area contributed by atoms with Crippen LogP contribution in [0.1, 0.15) is 27.3 Å². The number of carbonyl (C=O) groups is 1. The number of benzene rings is 1. The second kappa shape index (κ2) is 4.05. The van der Waals surface area contributed by atoms with Gasteiger partial charge in [-0.15, -0.1) is 0 Å². The molecule has 2 aromatic rings. The van der Waals surface area contributed by atoms with Crippen LogP contribution < -0.4 is 5.73 Å². The monoisotopic (exact) mass is 229 g/mol. The first-order valence-corrected chi connectivity index (χ1v) is 5.41. The maximum Gasteiger partial charge on any atom is 0.198 e. The predicted molar refractivity (Wildman–Crippen MR) is 67.0 cm³/mol. The number of carbonyl (C=O) groups excluding carboxylic acids is 1. The van der Waals surface area contributed by atoms with E-state index in [1.807, 2.05) is 33.0 Å². The van der Waals surface area contributed by atoms with Crippen molar-refractivity contribution in [1.82, 2.24) is 9.78 Å². The lowest BCUT2D eigenvalue weighted by Crippen LogP contribution is -2.07. The van der Waals surface area contributed by atoms with Gasteiger partial charge in [0.15, 0.2) is 5.78 Å². The van der Waals surface area contributed by atoms with Gasteiger partial charge in [-0.05, 0) is 26.0 Å². The highest BCUT2D eigenvalue weighted by atomic mass is 16.1. The summed E-state index contributed by atoms with van der Waals surface area (Å²) in [7, 11) is 1.83. The summed E-state index contributed by atoms with van der Waals surface area (Å²) in [5, 5.41) is 4.24. The quantitative estimate of drug-likeness (QED) is 0.631. The second-order valence-corrected chi connectivity index (χ2v) is 4.09. The molecule has 0 fully saturated rings. The van der Waals surface area contributed by atoms with E-state index in [2.05, 4.69) is 5.10 Å². The zero-order valence-electron chi connectivity index (χ0n) is 10.2. The van der Waals surface area contributed by atoms with Crippen molar-refractivity contribution in [2.75, 3.05) is 5.73 Å². The van der Waals surface area contributed by atoms with Crippen molar-refractivity contribution in [2.45, 2.75) is 13.8 Å². The van der Waals surface area contributed by atoms with Crippen molar-refractivity contribution >= 4 is 11.5 Å². The Kier molecular flexibility index (Phi) is 2.71. The zero-order chi connectivity index (χ0) is 12.6. The largest absolute Gasteiger partial charge is 0.398 e. The number of nitrogens with two attached hydrogens (primary N) is 1. The van der Waals surface area contributed by atoms with E-state index in [1.54, 1.807) is 16.8 Å². The number of aryl methyl sites for hydroxylation is 2. The second-order valence-electron chi connectivity index (χ2n) is 4.09. The molecule has 0 aliphatic rings. The van der Waals surface area contributed by atoms with Gasteiger partial charge in [-0.1, -0.05) is 12.1 Å². The van der Waals surface area contributed by atoms with Crippen LogP contribution in [0.2, 0.25) is 0 Å². The third-order valence-electron chi connectivity index (χ3n) is 2.94. The van der Waals surface area contributed by atoms with E-state index in [9.17, 15) is 4.79 Å². The molecule has 17 heavy (non-hydrogen) atoms. The van der Waals surface area contributed by atoms with Crippen molar-refractivity contribution < 1.29 is 4.79 Å². The molecule has 88 valence electrons. The molecule has 4 heteroatoms. The van der Waals surface area contributed by atoms with Gasteiger partial charge in [-0.25, -0.2) is 0 Å². The fraction of sp³-hybridized carbons (Fsp3) is 0.231. The van der Waals surface area contributed by atoms with Crippen LogP contribution in [0.4, 0.5) is 5.69 Å². The average molecular weight is 229 g/mol. The molecule has 0 aliphatic carbocycles. The number of aromatic nitrogens is 2. The molecule has 1 aromatic heterocycles. The fourth-order valence-corrected chi connectivity index (χ4v) is 1.94. The van der Waals surface area contributed by atoms with E-state index in [1.165, 1.54) is 0 Å². The first kappa shape index (κ1) is 11.4. The highest BCUT2D eigenvalue weighted by Crippen LogP contribution is 2.20. The lowest BCUT2D eigenvalue weighted by molar-refractivity contribution is 0.103. The number of hydrogen-bond donors (Lipinski definition) is 1. The van der Waals surface area contributed by atoms with Gasteiger partial charge in [-0.2, -0.15) is 5.10 Å². The number of para-hydroxylation sites is 1. The standard InChI is InChI=1S/C13H15N3O/c1-8-12(9(2)16(3)15-8)13(17)10-6-4-5-7-11(10)14/h4-7H,14H2,1-3H3. The molecule has 0 unspecified atom stereocenters. The van der Waals surface area contributed by atoms with Gasteiger partial charge < -0.3 is 5.73 Å². The lowest BCUT2D eigenvalue weighted by Gasteiger charge is -2.04. The Balaban J connectivity index is 2.55. The lowest BCUT2D eigenvalue weighted by atomic mass is 10.0. The molecule has 1 heterocycles. The van der Waals surface area contributed by atoms with E-state index in [-0.39, 0.29) is 5.78 Å². The van der Waals surface area contributed by atoms with E-state index in [0.717, 1.165) is 11.4 Å². The van der Waals surface area contributed by atoms with Crippen molar-refractivity contribution in [1.29, 1.82) is 0 Å². The molecule has 0 spiro atoms. The number of rotatable bonds is 2. The van der Waals surface area contributed by atoms with Gasteiger partial charge in [-0.3, -0.25) is 9.48 Å². The summed E-state index contributed by atoms with van der Waals surface area (Å²) in [6.45, 7) is 3.71. The SMILES string of the molecule is Cc1nn(C)c(C)c1C(=O)c1ccccc1N. The average Bonchev–Trinajstić information content (AvgIpc) is 2.53. The van der Waals surface area contributed by atoms with Crippen LogP contribution in [-0.2, 0) is 7.05 Å². The van der Waals surface area contributed by atoms with Crippen LogP contribution in [0.3, 0.4) is 0 Å². The molecule has 0 saturated carbocycles.